The van der Waals surface area contributed by atoms with Gasteiger partial charge in [-0.2, -0.15) is 9.29 Å². The summed E-state index contributed by atoms with van der Waals surface area (Å²) in [6, 6.07) is 6.66. The van der Waals surface area contributed by atoms with E-state index in [9.17, 15) is 8.42 Å². The van der Waals surface area contributed by atoms with Gasteiger partial charge in [0.2, 0.25) is 15.9 Å². The second-order valence-electron chi connectivity index (χ2n) is 7.87. The van der Waals surface area contributed by atoms with Gasteiger partial charge in [0.1, 0.15) is 5.75 Å². The van der Waals surface area contributed by atoms with Crippen molar-refractivity contribution in [1.82, 2.24) is 14.4 Å². The molecule has 0 unspecified atom stereocenters. The quantitative estimate of drug-likeness (QED) is 0.703. The molecule has 1 aliphatic heterocycles. The predicted molar refractivity (Wildman–Crippen MR) is 104 cm³/mol. The van der Waals surface area contributed by atoms with E-state index in [2.05, 4.69) is 10.1 Å². The van der Waals surface area contributed by atoms with Crippen LogP contribution in [-0.2, 0) is 15.4 Å². The smallest absolute Gasteiger partial charge is 0.243 e. The average Bonchev–Trinajstić information content (AvgIpc) is 3.39. The van der Waals surface area contributed by atoms with E-state index in [-0.39, 0.29) is 5.41 Å². The van der Waals surface area contributed by atoms with Crippen LogP contribution in [0, 0.1) is 12.8 Å². The van der Waals surface area contributed by atoms with E-state index in [1.807, 2.05) is 6.92 Å². The third kappa shape index (κ3) is 3.80. The molecule has 0 amide bonds. The summed E-state index contributed by atoms with van der Waals surface area (Å²) in [7, 11) is -3.52. The van der Waals surface area contributed by atoms with Crippen molar-refractivity contribution < 1.29 is 17.7 Å². The maximum atomic E-state index is 13.1. The van der Waals surface area contributed by atoms with Crippen molar-refractivity contribution in [1.29, 1.82) is 0 Å². The van der Waals surface area contributed by atoms with Crippen molar-refractivity contribution in [2.75, 3.05) is 19.7 Å². The maximum absolute atomic E-state index is 13.1. The molecule has 0 atom stereocenters. The van der Waals surface area contributed by atoms with Crippen LogP contribution in [0.15, 0.2) is 33.7 Å². The van der Waals surface area contributed by atoms with Crippen LogP contribution >= 0.6 is 0 Å². The van der Waals surface area contributed by atoms with Crippen LogP contribution in [0.3, 0.4) is 0 Å². The van der Waals surface area contributed by atoms with E-state index >= 15 is 0 Å². The van der Waals surface area contributed by atoms with Gasteiger partial charge in [-0.15, -0.1) is 0 Å². The molecule has 1 aromatic carbocycles. The summed E-state index contributed by atoms with van der Waals surface area (Å²) in [5, 5.41) is 4.20. The summed E-state index contributed by atoms with van der Waals surface area (Å²) in [6.07, 6.45) is 4.94. The third-order valence-corrected chi connectivity index (χ3v) is 7.74. The van der Waals surface area contributed by atoms with Crippen LogP contribution < -0.4 is 4.74 Å². The number of piperidine rings is 1. The lowest BCUT2D eigenvalue weighted by atomic mass is 9.74. The topological polar surface area (TPSA) is 85.5 Å². The molecule has 4 rings (SSSR count). The molecule has 0 radical (unpaired) electrons. The van der Waals surface area contributed by atoms with E-state index in [1.54, 1.807) is 35.5 Å². The van der Waals surface area contributed by atoms with Crippen molar-refractivity contribution >= 4 is 10.0 Å². The van der Waals surface area contributed by atoms with Crippen LogP contribution in [0.5, 0.6) is 5.75 Å². The number of aryl methyl sites for hydroxylation is 1. The van der Waals surface area contributed by atoms with Crippen LogP contribution in [-0.4, -0.2) is 42.6 Å². The Kier molecular flexibility index (Phi) is 5.18. The fourth-order valence-corrected chi connectivity index (χ4v) is 5.53. The number of hydrogen-bond acceptors (Lipinski definition) is 6. The van der Waals surface area contributed by atoms with Crippen LogP contribution in [0.25, 0.3) is 0 Å². The van der Waals surface area contributed by atoms with Gasteiger partial charge in [-0.25, -0.2) is 8.42 Å². The van der Waals surface area contributed by atoms with E-state index in [0.29, 0.717) is 42.2 Å². The first-order valence-electron chi connectivity index (χ1n) is 9.97. The van der Waals surface area contributed by atoms with Gasteiger partial charge in [-0.05, 0) is 56.4 Å². The van der Waals surface area contributed by atoms with Gasteiger partial charge in [0, 0.05) is 25.4 Å². The van der Waals surface area contributed by atoms with Gasteiger partial charge in [0.25, 0.3) is 0 Å². The molecular formula is C20H27N3O4S. The van der Waals surface area contributed by atoms with Gasteiger partial charge in [-0.3, -0.25) is 0 Å². The molecule has 2 aromatic rings. The number of benzene rings is 1. The molecule has 2 fully saturated rings. The van der Waals surface area contributed by atoms with Crippen LogP contribution in [0.2, 0.25) is 0 Å². The van der Waals surface area contributed by atoms with Gasteiger partial charge >= 0.3 is 0 Å². The number of hydrogen-bond donors (Lipinski definition) is 0. The van der Waals surface area contributed by atoms with E-state index in [4.69, 9.17) is 9.26 Å². The van der Waals surface area contributed by atoms with Crippen molar-refractivity contribution in [3.63, 3.8) is 0 Å². The molecule has 0 bridgehead atoms. The van der Waals surface area contributed by atoms with Gasteiger partial charge in [0.05, 0.1) is 11.5 Å². The Hall–Kier alpha value is -1.93. The third-order valence-electron chi connectivity index (χ3n) is 5.83. The molecule has 1 aromatic heterocycles. The molecule has 8 heteroatoms. The summed E-state index contributed by atoms with van der Waals surface area (Å²) in [5.41, 5.74) is -0.177. The van der Waals surface area contributed by atoms with E-state index in [1.165, 1.54) is 12.8 Å². The zero-order valence-electron chi connectivity index (χ0n) is 16.4. The number of ether oxygens (including phenoxy) is 1. The Morgan fingerprint density at radius 2 is 1.89 bits per heavy atom. The fourth-order valence-electron chi connectivity index (χ4n) is 4.09. The zero-order valence-corrected chi connectivity index (χ0v) is 17.2. The lowest BCUT2D eigenvalue weighted by molar-refractivity contribution is 0.198. The molecule has 0 spiro atoms. The lowest BCUT2D eigenvalue weighted by Gasteiger charge is -2.39. The minimum atomic E-state index is -3.52. The molecular weight excluding hydrogens is 378 g/mol. The molecule has 2 heterocycles. The van der Waals surface area contributed by atoms with Crippen molar-refractivity contribution in [3.8, 4) is 5.75 Å². The zero-order chi connectivity index (χ0) is 19.8. The molecule has 1 aliphatic carbocycles. The van der Waals surface area contributed by atoms with Gasteiger partial charge in [0.15, 0.2) is 5.82 Å². The average molecular weight is 406 g/mol. The summed E-state index contributed by atoms with van der Waals surface area (Å²) < 4.78 is 38.4. The van der Waals surface area contributed by atoms with Gasteiger partial charge in [-0.1, -0.05) is 18.0 Å². The standard InChI is InChI=1S/C20H27N3O4S/c1-3-26-17-6-8-18(9-7-17)28(24,25)23-12-10-20(11-13-23,14-16-4-5-16)19-21-15(2)27-22-19/h6-9,16H,3-5,10-14H2,1-2H3. The number of nitrogens with zero attached hydrogens (tertiary/aromatic N) is 3. The van der Waals surface area contributed by atoms with Crippen molar-refractivity contribution in [2.45, 2.75) is 56.3 Å². The van der Waals surface area contributed by atoms with Crippen LogP contribution in [0.1, 0.15) is 50.7 Å². The highest BCUT2D eigenvalue weighted by molar-refractivity contribution is 7.89. The van der Waals surface area contributed by atoms with Crippen molar-refractivity contribution in [3.05, 3.63) is 36.0 Å². The number of rotatable bonds is 7. The first kappa shape index (κ1) is 19.4. The second-order valence-corrected chi connectivity index (χ2v) is 9.81. The summed E-state index contributed by atoms with van der Waals surface area (Å²) in [5.74, 6) is 2.69. The molecule has 152 valence electrons. The first-order valence-corrected chi connectivity index (χ1v) is 11.4. The number of sulfonamides is 1. The molecule has 1 saturated heterocycles. The second kappa shape index (κ2) is 7.48. The maximum Gasteiger partial charge on any atom is 0.243 e. The SMILES string of the molecule is CCOc1ccc(S(=O)(=O)N2CCC(CC3CC3)(c3noc(C)n3)CC2)cc1. The molecule has 2 aliphatic rings. The molecule has 28 heavy (non-hydrogen) atoms. The highest BCUT2D eigenvalue weighted by Gasteiger charge is 2.45. The van der Waals surface area contributed by atoms with Gasteiger partial charge < -0.3 is 9.26 Å². The highest BCUT2D eigenvalue weighted by Crippen LogP contribution is 2.47. The summed E-state index contributed by atoms with van der Waals surface area (Å²) >= 11 is 0. The Labute approximate surface area is 166 Å². The molecule has 0 N–H and O–H groups in total. The Balaban J connectivity index is 1.51. The normalized spacial score (nSPS) is 20.2. The van der Waals surface area contributed by atoms with Crippen LogP contribution in [0.4, 0.5) is 0 Å². The summed E-state index contributed by atoms with van der Waals surface area (Å²) in [6.45, 7) is 5.19. The summed E-state index contributed by atoms with van der Waals surface area (Å²) in [4.78, 5) is 4.81. The van der Waals surface area contributed by atoms with E-state index < -0.39 is 10.0 Å². The first-order chi connectivity index (χ1) is 13.4. The largest absolute Gasteiger partial charge is 0.494 e. The minimum absolute atomic E-state index is 0.177. The molecule has 7 nitrogen and oxygen atoms in total. The lowest BCUT2D eigenvalue weighted by Crippen LogP contribution is -2.45. The molecule has 1 saturated carbocycles. The Morgan fingerprint density at radius 3 is 2.43 bits per heavy atom. The Bertz CT molecular complexity index is 911. The fraction of sp³-hybridized carbons (Fsp3) is 0.600. The minimum Gasteiger partial charge on any atom is -0.494 e. The predicted octanol–water partition coefficient (Wildman–Crippen LogP) is 3.30. The highest BCUT2D eigenvalue weighted by atomic mass is 32.2. The van der Waals surface area contributed by atoms with Crippen molar-refractivity contribution in [2.24, 2.45) is 5.92 Å². The number of aromatic nitrogens is 2. The van der Waals surface area contributed by atoms with E-state index in [0.717, 1.165) is 25.1 Å². The Morgan fingerprint density at radius 1 is 1.21 bits per heavy atom. The monoisotopic (exact) mass is 405 g/mol.